The Morgan fingerprint density at radius 1 is 0.522 bits per heavy atom. The minimum atomic E-state index is -0.906. The number of hydrogen-bond donors (Lipinski definition) is 5. The van der Waals surface area contributed by atoms with E-state index in [9.17, 15) is 28.4 Å². The maximum Gasteiger partial charge on any atom is 0.243 e. The molecule has 5 N–H and O–H groups in total. The number of carbonyl (C=O) groups excluding carboxylic acids is 5. The monoisotopic (exact) mass is 905 g/mol. The Labute approximate surface area is 390 Å². The van der Waals surface area contributed by atoms with Crippen molar-refractivity contribution in [3.05, 3.63) is 196 Å². The molecule has 0 fully saturated rings. The second kappa shape index (κ2) is 23.9. The third-order valence-corrected chi connectivity index (χ3v) is 11.1. The van der Waals surface area contributed by atoms with Crippen LogP contribution in [0.4, 0.5) is 10.1 Å². The number of carbonyl (C=O) groups is 5. The zero-order valence-corrected chi connectivity index (χ0v) is 38.0. The fraction of sp³-hybridized carbons (Fsp3) is 0.241. The summed E-state index contributed by atoms with van der Waals surface area (Å²) in [7, 11) is 1.57. The lowest BCUT2D eigenvalue weighted by Gasteiger charge is -2.22. The molecule has 4 unspecified atom stereocenters. The smallest absolute Gasteiger partial charge is 0.243 e. The Morgan fingerprint density at radius 2 is 1.01 bits per heavy atom. The van der Waals surface area contributed by atoms with Gasteiger partial charge in [-0.1, -0.05) is 103 Å². The number of halogens is 1. The molecule has 0 bridgehead atoms. The van der Waals surface area contributed by atoms with Gasteiger partial charge in [0.05, 0.1) is 32.0 Å². The van der Waals surface area contributed by atoms with E-state index >= 15 is 0 Å². The van der Waals surface area contributed by atoms with Crippen LogP contribution in [0.25, 0.3) is 0 Å². The van der Waals surface area contributed by atoms with Crippen molar-refractivity contribution in [2.75, 3.05) is 12.4 Å². The molecule has 6 aromatic carbocycles. The van der Waals surface area contributed by atoms with Crippen LogP contribution in [0.15, 0.2) is 152 Å². The summed E-state index contributed by atoms with van der Waals surface area (Å²) in [5.41, 5.74) is 6.21. The van der Waals surface area contributed by atoms with E-state index in [0.29, 0.717) is 22.7 Å². The first-order valence-corrected chi connectivity index (χ1v) is 22.1. The summed E-state index contributed by atoms with van der Waals surface area (Å²) in [6.45, 7) is 5.43. The van der Waals surface area contributed by atoms with Gasteiger partial charge in [0.15, 0.2) is 0 Å². The Kier molecular flexibility index (Phi) is 17.4. The van der Waals surface area contributed by atoms with Gasteiger partial charge in [-0.25, -0.2) is 4.39 Å². The summed E-state index contributed by atoms with van der Waals surface area (Å²) < 4.78 is 24.9. The normalized spacial score (nSPS) is 12.6. The summed E-state index contributed by atoms with van der Waals surface area (Å²) >= 11 is 0. The average Bonchev–Trinajstić information content (AvgIpc) is 3.32. The zero-order valence-electron chi connectivity index (χ0n) is 38.0. The largest absolute Gasteiger partial charge is 0.497 e. The summed E-state index contributed by atoms with van der Waals surface area (Å²) in [5, 5.41) is 14.6. The number of methoxy groups -OCH3 is 1. The van der Waals surface area contributed by atoms with Crippen molar-refractivity contribution >= 4 is 35.2 Å². The number of hydrogen-bond acceptors (Lipinski definition) is 7. The number of ether oxygens (including phenoxy) is 2. The molecule has 6 rings (SSSR count). The van der Waals surface area contributed by atoms with Gasteiger partial charge in [0, 0.05) is 25.5 Å². The highest BCUT2D eigenvalue weighted by Gasteiger charge is 2.25. The van der Waals surface area contributed by atoms with Crippen molar-refractivity contribution in [1.29, 1.82) is 0 Å². The van der Waals surface area contributed by atoms with Crippen LogP contribution in [-0.4, -0.2) is 48.7 Å². The maximum absolute atomic E-state index is 13.7. The van der Waals surface area contributed by atoms with E-state index in [1.54, 1.807) is 86.0 Å². The van der Waals surface area contributed by atoms with Gasteiger partial charge in [-0.3, -0.25) is 24.0 Å². The predicted octanol–water partition coefficient (Wildman–Crippen LogP) is 7.67. The van der Waals surface area contributed by atoms with Gasteiger partial charge < -0.3 is 36.1 Å². The third kappa shape index (κ3) is 15.4. The van der Waals surface area contributed by atoms with E-state index in [4.69, 9.17) is 9.47 Å². The second-order valence-corrected chi connectivity index (χ2v) is 16.4. The van der Waals surface area contributed by atoms with Gasteiger partial charge >= 0.3 is 0 Å². The molecule has 0 aliphatic carbocycles. The minimum Gasteiger partial charge on any atom is -0.497 e. The van der Waals surface area contributed by atoms with E-state index in [0.717, 1.165) is 33.4 Å². The van der Waals surface area contributed by atoms with Crippen molar-refractivity contribution in [2.24, 2.45) is 0 Å². The molecule has 346 valence electrons. The fourth-order valence-corrected chi connectivity index (χ4v) is 7.40. The quantitative estimate of drug-likeness (QED) is 0.0495. The Balaban J connectivity index is 1.01. The van der Waals surface area contributed by atoms with Gasteiger partial charge in [-0.2, -0.15) is 0 Å². The average molecular weight is 906 g/mol. The van der Waals surface area contributed by atoms with Crippen LogP contribution >= 0.6 is 0 Å². The van der Waals surface area contributed by atoms with Crippen LogP contribution in [0.3, 0.4) is 0 Å². The van der Waals surface area contributed by atoms with Gasteiger partial charge in [0.1, 0.15) is 36.0 Å². The van der Waals surface area contributed by atoms with Gasteiger partial charge in [0.25, 0.3) is 0 Å². The van der Waals surface area contributed by atoms with Gasteiger partial charge in [-0.05, 0) is 101 Å². The first-order valence-electron chi connectivity index (χ1n) is 22.1. The number of nitrogens with one attached hydrogen (secondary N) is 5. The van der Waals surface area contributed by atoms with Crippen molar-refractivity contribution in [3.8, 4) is 11.5 Å². The fourth-order valence-electron chi connectivity index (χ4n) is 7.40. The summed E-state index contributed by atoms with van der Waals surface area (Å²) in [6, 6.07) is 42.0. The van der Waals surface area contributed by atoms with E-state index in [2.05, 4.69) is 26.6 Å². The molecule has 12 nitrogen and oxygen atoms in total. The maximum atomic E-state index is 13.7. The summed E-state index contributed by atoms with van der Waals surface area (Å²) in [5.74, 6) is -0.708. The Hall–Kier alpha value is -7.80. The van der Waals surface area contributed by atoms with Crippen LogP contribution < -0.4 is 36.1 Å². The van der Waals surface area contributed by atoms with Crippen molar-refractivity contribution in [3.63, 3.8) is 0 Å². The van der Waals surface area contributed by atoms with Crippen LogP contribution in [-0.2, 0) is 56.3 Å². The van der Waals surface area contributed by atoms with Crippen molar-refractivity contribution in [1.82, 2.24) is 21.3 Å². The number of amides is 5. The summed E-state index contributed by atoms with van der Waals surface area (Å²) in [4.78, 5) is 65.5. The predicted molar refractivity (Wildman–Crippen MR) is 256 cm³/mol. The third-order valence-electron chi connectivity index (χ3n) is 11.1. The lowest BCUT2D eigenvalue weighted by Crippen LogP contribution is -2.49. The minimum absolute atomic E-state index is 0.0312. The molecule has 4 atom stereocenters. The molecule has 0 saturated heterocycles. The molecule has 0 aliphatic heterocycles. The molecule has 0 aromatic heterocycles. The van der Waals surface area contributed by atoms with Crippen molar-refractivity contribution in [2.45, 2.75) is 77.2 Å². The Morgan fingerprint density at radius 3 is 1.55 bits per heavy atom. The Bertz CT molecular complexity index is 2590. The van der Waals surface area contributed by atoms with Gasteiger partial charge in [-0.15, -0.1) is 0 Å². The lowest BCUT2D eigenvalue weighted by molar-refractivity contribution is -0.129. The molecular weight excluding hydrogens is 850 g/mol. The molecule has 0 spiro atoms. The van der Waals surface area contributed by atoms with Crippen LogP contribution in [0, 0.1) is 5.82 Å². The summed E-state index contributed by atoms with van der Waals surface area (Å²) in [6.07, 6.45) is 0.475. The highest BCUT2D eigenvalue weighted by atomic mass is 19.1. The molecule has 0 heterocycles. The van der Waals surface area contributed by atoms with Crippen LogP contribution in [0.5, 0.6) is 11.5 Å². The molecular formula is C54H56FN5O7. The first-order chi connectivity index (χ1) is 32.3. The molecule has 0 saturated carbocycles. The number of anilines is 1. The molecule has 67 heavy (non-hydrogen) atoms. The highest BCUT2D eigenvalue weighted by molar-refractivity contribution is 5.90. The SMILES string of the molecule is COc1ccc(CC(=O)NC(Cc2ccc(F)cc2)C(=O)NC(C)c2ccc(COc3ccc(CC(=O)NC(Cc4cccc(NC(C)=O)c4)C(=O)NC(C)c4ccccc4)cc3)cc2)cc1. The molecule has 0 aliphatic rings. The first kappa shape index (κ1) is 48.7. The molecule has 0 radical (unpaired) electrons. The van der Waals surface area contributed by atoms with E-state index in [-0.39, 0.29) is 67.9 Å². The molecule has 5 amide bonds. The zero-order chi connectivity index (χ0) is 47.7. The van der Waals surface area contributed by atoms with Gasteiger partial charge in [0.2, 0.25) is 29.5 Å². The second-order valence-electron chi connectivity index (χ2n) is 16.4. The molecule has 13 heteroatoms. The number of benzene rings is 6. The standard InChI is InChI=1S/C54H56FN5O7/c1-35(43-10-6-5-7-11-43)56-54(65)50(31-42-9-8-12-46(29-42)58-37(3)61)60-52(63)33-40-19-27-48(28-20-40)67-34-41-13-21-44(22-14-41)36(2)57-53(64)49(30-38-15-23-45(55)24-16-38)59-51(62)32-39-17-25-47(66-4)26-18-39/h5-29,35-36,49-50H,30-34H2,1-4H3,(H,56,65)(H,57,64)(H,58,61)(H,59,62)(H,60,63). The topological polar surface area (TPSA) is 164 Å². The van der Waals surface area contributed by atoms with E-state index in [1.807, 2.05) is 74.5 Å². The highest BCUT2D eigenvalue weighted by Crippen LogP contribution is 2.20. The number of rotatable bonds is 21. The van der Waals surface area contributed by atoms with Crippen LogP contribution in [0.1, 0.15) is 71.8 Å². The molecule has 6 aromatic rings. The van der Waals surface area contributed by atoms with E-state index in [1.165, 1.54) is 19.1 Å². The lowest BCUT2D eigenvalue weighted by atomic mass is 10.0. The van der Waals surface area contributed by atoms with Crippen molar-refractivity contribution < 1.29 is 37.8 Å². The van der Waals surface area contributed by atoms with E-state index < -0.39 is 23.9 Å². The van der Waals surface area contributed by atoms with Crippen LogP contribution in [0.2, 0.25) is 0 Å².